The van der Waals surface area contributed by atoms with Crippen molar-refractivity contribution < 1.29 is 9.47 Å². The monoisotopic (exact) mass is 526 g/mol. The van der Waals surface area contributed by atoms with Gasteiger partial charge in [-0.15, -0.1) is 0 Å². The predicted molar refractivity (Wildman–Crippen MR) is 139 cm³/mol. The van der Waals surface area contributed by atoms with Gasteiger partial charge in [0.1, 0.15) is 0 Å². The second kappa shape index (κ2) is 8.95. The molecule has 6 rings (SSSR count). The molecule has 6 nitrogen and oxygen atoms in total. The van der Waals surface area contributed by atoms with E-state index in [2.05, 4.69) is 45.5 Å². The van der Waals surface area contributed by atoms with Crippen LogP contribution in [0, 0.1) is 0 Å². The van der Waals surface area contributed by atoms with Crippen molar-refractivity contribution in [3.8, 4) is 34.3 Å². The minimum atomic E-state index is -0.103. The van der Waals surface area contributed by atoms with Crippen LogP contribution >= 0.6 is 0 Å². The van der Waals surface area contributed by atoms with E-state index in [0.717, 1.165) is 54.5 Å². The fourth-order valence-electron chi connectivity index (χ4n) is 4.15. The molecule has 4 heterocycles. The van der Waals surface area contributed by atoms with Gasteiger partial charge >= 0.3 is 209 Å². The van der Waals surface area contributed by atoms with E-state index in [1.807, 2.05) is 60.7 Å². The number of benzene rings is 2. The van der Waals surface area contributed by atoms with Crippen LogP contribution in [-0.2, 0) is 0 Å². The summed E-state index contributed by atoms with van der Waals surface area (Å²) in [7, 11) is 3.35. The Balaban J connectivity index is 1.45. The van der Waals surface area contributed by atoms with Crippen molar-refractivity contribution in [2.45, 2.75) is 0 Å². The second-order valence-electron chi connectivity index (χ2n) is 7.95. The Bertz CT molecular complexity index is 1510. The number of hydrogen-bond acceptors (Lipinski definition) is 4. The third-order valence-electron chi connectivity index (χ3n) is 5.92. The molecule has 2 aromatic carbocycles. The number of hydrogen-bond donors (Lipinski definition) is 0. The van der Waals surface area contributed by atoms with Crippen LogP contribution in [0.4, 0.5) is 0 Å². The number of ether oxygens (including phenoxy) is 2. The van der Waals surface area contributed by atoms with Crippen LogP contribution < -0.4 is 18.7 Å². The average Bonchev–Trinajstić information content (AvgIpc) is 3.48. The molecule has 0 saturated carbocycles. The standard InChI is InChI=1S/C28H22N4O2Se/c1-33-21-13-9-19(10-14-21)25-29-27(23-7-3-5-17-31(23)25)35-28-24-8-4-6-18-32(24)26(30-28)20-11-15-22(34-2)16-12-20/h3-18H,1-2H3. The van der Waals surface area contributed by atoms with E-state index >= 15 is 0 Å². The number of pyridine rings is 2. The Morgan fingerprint density at radius 3 is 1.40 bits per heavy atom. The molecular weight excluding hydrogens is 503 g/mol. The summed E-state index contributed by atoms with van der Waals surface area (Å²) in [6, 6.07) is 28.5. The summed E-state index contributed by atoms with van der Waals surface area (Å²) in [6.45, 7) is 0. The van der Waals surface area contributed by atoms with Gasteiger partial charge in [-0.1, -0.05) is 0 Å². The van der Waals surface area contributed by atoms with Crippen LogP contribution in [0.2, 0.25) is 0 Å². The van der Waals surface area contributed by atoms with E-state index in [1.54, 1.807) is 14.2 Å². The fourth-order valence-corrected chi connectivity index (χ4v) is 6.22. The van der Waals surface area contributed by atoms with Crippen LogP contribution in [0.5, 0.6) is 11.5 Å². The molecule has 0 bridgehead atoms. The zero-order valence-corrected chi connectivity index (χ0v) is 21.0. The molecule has 0 aliphatic heterocycles. The van der Waals surface area contributed by atoms with Crippen molar-refractivity contribution in [2.75, 3.05) is 14.2 Å². The van der Waals surface area contributed by atoms with Gasteiger partial charge in [0.2, 0.25) is 0 Å². The predicted octanol–water partition coefficient (Wildman–Crippen LogP) is 3.99. The van der Waals surface area contributed by atoms with Crippen LogP contribution in [0.1, 0.15) is 0 Å². The summed E-state index contributed by atoms with van der Waals surface area (Å²) in [6.07, 6.45) is 4.13. The second-order valence-corrected chi connectivity index (χ2v) is 10.0. The quantitative estimate of drug-likeness (QED) is 0.309. The molecule has 172 valence electrons. The first-order valence-electron chi connectivity index (χ1n) is 11.2. The van der Waals surface area contributed by atoms with Gasteiger partial charge in [0, 0.05) is 0 Å². The Hall–Kier alpha value is -4.06. The molecule has 0 unspecified atom stereocenters. The van der Waals surface area contributed by atoms with Gasteiger partial charge in [-0.2, -0.15) is 0 Å². The van der Waals surface area contributed by atoms with Crippen molar-refractivity contribution in [3.05, 3.63) is 97.3 Å². The maximum absolute atomic E-state index is 5.33. The molecule has 35 heavy (non-hydrogen) atoms. The number of fused-ring (bicyclic) bond motifs is 2. The molecule has 0 amide bonds. The topological polar surface area (TPSA) is 53.1 Å². The molecule has 7 heteroatoms. The fraction of sp³-hybridized carbons (Fsp3) is 0.0714. The molecule has 0 radical (unpaired) electrons. The summed E-state index contributed by atoms with van der Waals surface area (Å²) in [5.74, 6) is 3.49. The third kappa shape index (κ3) is 3.85. The molecule has 4 aromatic heterocycles. The van der Waals surface area contributed by atoms with Gasteiger partial charge in [-0.3, -0.25) is 0 Å². The Kier molecular flexibility index (Phi) is 5.49. The summed E-state index contributed by atoms with van der Waals surface area (Å²) in [5, 5.41) is 0. The van der Waals surface area contributed by atoms with E-state index < -0.39 is 0 Å². The molecule has 0 saturated heterocycles. The molecule has 0 aliphatic rings. The maximum atomic E-state index is 5.33. The number of nitrogens with zero attached hydrogens (tertiary/aromatic N) is 4. The third-order valence-corrected chi connectivity index (χ3v) is 7.99. The molecule has 0 N–H and O–H groups in total. The molecule has 0 spiro atoms. The Morgan fingerprint density at radius 2 is 1.00 bits per heavy atom. The number of methoxy groups -OCH3 is 2. The van der Waals surface area contributed by atoms with Crippen LogP contribution in [0.25, 0.3) is 33.8 Å². The number of rotatable bonds is 6. The molecule has 0 aliphatic carbocycles. The van der Waals surface area contributed by atoms with Gasteiger partial charge in [-0.25, -0.2) is 0 Å². The van der Waals surface area contributed by atoms with Crippen LogP contribution in [0.15, 0.2) is 97.3 Å². The van der Waals surface area contributed by atoms with E-state index in [4.69, 9.17) is 19.4 Å². The van der Waals surface area contributed by atoms with E-state index in [9.17, 15) is 0 Å². The average molecular weight is 525 g/mol. The van der Waals surface area contributed by atoms with Gasteiger partial charge < -0.3 is 0 Å². The van der Waals surface area contributed by atoms with Gasteiger partial charge in [0.25, 0.3) is 0 Å². The van der Waals surface area contributed by atoms with Gasteiger partial charge in [0.05, 0.1) is 0 Å². The van der Waals surface area contributed by atoms with Crippen molar-refractivity contribution in [1.82, 2.24) is 18.8 Å². The van der Waals surface area contributed by atoms with Crippen LogP contribution in [0.3, 0.4) is 0 Å². The summed E-state index contributed by atoms with van der Waals surface area (Å²) in [4.78, 5) is 10.2. The summed E-state index contributed by atoms with van der Waals surface area (Å²) in [5.41, 5.74) is 4.29. The van der Waals surface area contributed by atoms with Crippen molar-refractivity contribution >= 4 is 35.2 Å². The normalized spacial score (nSPS) is 11.3. The van der Waals surface area contributed by atoms with E-state index in [-0.39, 0.29) is 15.0 Å². The first-order chi connectivity index (χ1) is 17.2. The Labute approximate surface area is 209 Å². The summed E-state index contributed by atoms with van der Waals surface area (Å²) >= 11 is -0.103. The molecule has 0 fully saturated rings. The molecular formula is C28H22N4O2Se. The minimum absolute atomic E-state index is 0.103. The molecule has 0 atom stereocenters. The first kappa shape index (κ1) is 21.5. The van der Waals surface area contributed by atoms with Gasteiger partial charge in [0.15, 0.2) is 0 Å². The van der Waals surface area contributed by atoms with E-state index in [1.165, 1.54) is 0 Å². The zero-order chi connectivity index (χ0) is 23.8. The van der Waals surface area contributed by atoms with Crippen molar-refractivity contribution in [3.63, 3.8) is 0 Å². The zero-order valence-electron chi connectivity index (χ0n) is 19.3. The van der Waals surface area contributed by atoms with Crippen LogP contribution in [-0.4, -0.2) is 47.9 Å². The van der Waals surface area contributed by atoms with E-state index in [0.29, 0.717) is 0 Å². The number of imidazole rings is 2. The van der Waals surface area contributed by atoms with Crippen molar-refractivity contribution in [1.29, 1.82) is 0 Å². The van der Waals surface area contributed by atoms with Crippen molar-refractivity contribution in [2.24, 2.45) is 0 Å². The summed E-state index contributed by atoms with van der Waals surface area (Å²) < 4.78 is 17.1. The number of aromatic nitrogens is 4. The Morgan fingerprint density at radius 1 is 0.571 bits per heavy atom. The molecule has 6 aromatic rings. The SMILES string of the molecule is COc1ccc(-c2nc([Se]c3nc(-c4ccc(OC)cc4)n4ccccc34)c3ccccn23)cc1. The van der Waals surface area contributed by atoms with Gasteiger partial charge in [-0.05, 0) is 0 Å². The first-order valence-corrected chi connectivity index (χ1v) is 12.9.